The molecule has 1 atom stereocenters. The highest BCUT2D eigenvalue weighted by atomic mass is 35.5. The number of urea groups is 1. The van der Waals surface area contributed by atoms with E-state index in [2.05, 4.69) is 17.3 Å². The molecule has 0 aliphatic carbocycles. The first-order valence-corrected chi connectivity index (χ1v) is 10.5. The number of carbonyl (C=O) groups excluding carboxylic acids is 2. The molecular weight excluding hydrogens is 409 g/mol. The summed E-state index contributed by atoms with van der Waals surface area (Å²) in [5.74, 6) is -1.21. The number of aromatic nitrogens is 2. The maximum atomic E-state index is 13.6. The van der Waals surface area contributed by atoms with Gasteiger partial charge in [-0.3, -0.25) is 9.48 Å². The first kappa shape index (κ1) is 22.1. The third-order valence-corrected chi connectivity index (χ3v) is 5.99. The van der Waals surface area contributed by atoms with Gasteiger partial charge in [-0.25, -0.2) is 9.18 Å². The number of hydrogen-bond donors (Lipinski definition) is 2. The molecule has 3 amide bonds. The van der Waals surface area contributed by atoms with Crippen molar-refractivity contribution in [3.8, 4) is 11.3 Å². The van der Waals surface area contributed by atoms with E-state index in [1.165, 1.54) is 18.2 Å². The van der Waals surface area contributed by atoms with Gasteiger partial charge in [-0.2, -0.15) is 5.10 Å². The SMILES string of the molecule is CCCC(C)(CC)NC(=O)N1CCn2nc(-c3ccc(F)c(Cl)c3)c(C(N)=O)c2C1. The maximum Gasteiger partial charge on any atom is 0.318 e. The van der Waals surface area contributed by atoms with Crippen molar-refractivity contribution in [1.82, 2.24) is 20.0 Å². The van der Waals surface area contributed by atoms with Crippen LogP contribution in [0.4, 0.5) is 9.18 Å². The summed E-state index contributed by atoms with van der Waals surface area (Å²) in [6.45, 7) is 7.25. The molecule has 0 saturated carbocycles. The number of carbonyl (C=O) groups is 2. The molecule has 1 aliphatic rings. The van der Waals surface area contributed by atoms with E-state index in [-0.39, 0.29) is 28.7 Å². The second kappa shape index (κ2) is 8.63. The molecule has 3 rings (SSSR count). The van der Waals surface area contributed by atoms with Crippen LogP contribution in [0.1, 0.15) is 56.1 Å². The molecule has 9 heteroatoms. The molecule has 2 aromatic rings. The van der Waals surface area contributed by atoms with Crippen molar-refractivity contribution in [2.45, 2.75) is 58.7 Å². The first-order chi connectivity index (χ1) is 14.2. The van der Waals surface area contributed by atoms with Crippen molar-refractivity contribution in [3.05, 3.63) is 40.3 Å². The number of nitrogens with two attached hydrogens (primary N) is 1. The Morgan fingerprint density at radius 3 is 2.67 bits per heavy atom. The van der Waals surface area contributed by atoms with E-state index in [1.54, 1.807) is 9.58 Å². The third kappa shape index (κ3) is 4.28. The molecule has 1 aromatic heterocycles. The summed E-state index contributed by atoms with van der Waals surface area (Å²) in [6.07, 6.45) is 2.66. The van der Waals surface area contributed by atoms with E-state index < -0.39 is 11.7 Å². The van der Waals surface area contributed by atoms with Crippen LogP contribution >= 0.6 is 11.6 Å². The van der Waals surface area contributed by atoms with Gasteiger partial charge in [0.05, 0.1) is 29.4 Å². The number of primary amides is 1. The van der Waals surface area contributed by atoms with E-state index in [1.807, 2.05) is 13.8 Å². The van der Waals surface area contributed by atoms with Gasteiger partial charge in [0, 0.05) is 17.6 Å². The summed E-state index contributed by atoms with van der Waals surface area (Å²) in [7, 11) is 0. The summed E-state index contributed by atoms with van der Waals surface area (Å²) >= 11 is 5.90. The van der Waals surface area contributed by atoms with Gasteiger partial charge in [0.1, 0.15) is 11.5 Å². The molecule has 0 fully saturated rings. The molecule has 1 unspecified atom stereocenters. The molecule has 1 aliphatic heterocycles. The standard InChI is InChI=1S/C21H27ClFN5O2/c1-4-8-21(3,5-2)25-20(30)27-9-10-28-16(12-27)17(19(24)29)18(26-28)13-6-7-15(23)14(22)11-13/h6-7,11H,4-5,8-10,12H2,1-3H3,(H2,24,29)(H,25,30). The largest absolute Gasteiger partial charge is 0.365 e. The van der Waals surface area contributed by atoms with Crippen LogP contribution < -0.4 is 11.1 Å². The number of rotatable bonds is 6. The fraction of sp³-hybridized carbons (Fsp3) is 0.476. The fourth-order valence-electron chi connectivity index (χ4n) is 3.81. The van der Waals surface area contributed by atoms with Crippen molar-refractivity contribution in [1.29, 1.82) is 0 Å². The number of amides is 3. The number of nitrogens with zero attached hydrogens (tertiary/aromatic N) is 3. The lowest BCUT2D eigenvalue weighted by atomic mass is 9.93. The lowest BCUT2D eigenvalue weighted by Crippen LogP contribution is -2.53. The van der Waals surface area contributed by atoms with Crippen LogP contribution in [0, 0.1) is 5.82 Å². The number of hydrogen-bond acceptors (Lipinski definition) is 3. The first-order valence-electron chi connectivity index (χ1n) is 10.1. The molecule has 162 valence electrons. The predicted octanol–water partition coefficient (Wildman–Crippen LogP) is 3.94. The van der Waals surface area contributed by atoms with Crippen molar-refractivity contribution < 1.29 is 14.0 Å². The van der Waals surface area contributed by atoms with Crippen LogP contribution in [0.5, 0.6) is 0 Å². The molecular formula is C21H27ClFN5O2. The van der Waals surface area contributed by atoms with Gasteiger partial charge in [0.25, 0.3) is 5.91 Å². The van der Waals surface area contributed by atoms with Crippen molar-refractivity contribution in [2.24, 2.45) is 5.73 Å². The van der Waals surface area contributed by atoms with Gasteiger partial charge in [0.2, 0.25) is 0 Å². The Morgan fingerprint density at radius 2 is 2.07 bits per heavy atom. The number of fused-ring (bicyclic) bond motifs is 1. The second-order valence-corrected chi connectivity index (χ2v) is 8.31. The maximum absolute atomic E-state index is 13.6. The lowest BCUT2D eigenvalue weighted by Gasteiger charge is -2.35. The normalized spacial score (nSPS) is 15.4. The van der Waals surface area contributed by atoms with Crippen LogP contribution in [0.25, 0.3) is 11.3 Å². The second-order valence-electron chi connectivity index (χ2n) is 7.90. The van der Waals surface area contributed by atoms with Gasteiger partial charge in [-0.15, -0.1) is 0 Å². The van der Waals surface area contributed by atoms with Gasteiger partial charge in [-0.1, -0.05) is 31.9 Å². The predicted molar refractivity (Wildman–Crippen MR) is 114 cm³/mol. The fourth-order valence-corrected chi connectivity index (χ4v) is 3.99. The highest BCUT2D eigenvalue weighted by Crippen LogP contribution is 2.31. The lowest BCUT2D eigenvalue weighted by molar-refractivity contribution is 0.0997. The highest BCUT2D eigenvalue weighted by Gasteiger charge is 2.32. The molecule has 0 radical (unpaired) electrons. The van der Waals surface area contributed by atoms with Gasteiger partial charge >= 0.3 is 6.03 Å². The quantitative estimate of drug-likeness (QED) is 0.719. The number of benzene rings is 1. The molecule has 3 N–H and O–H groups in total. The zero-order chi connectivity index (χ0) is 22.1. The monoisotopic (exact) mass is 435 g/mol. The molecule has 0 spiro atoms. The summed E-state index contributed by atoms with van der Waals surface area (Å²) in [5.41, 5.74) is 6.99. The van der Waals surface area contributed by atoms with Gasteiger partial charge in [-0.05, 0) is 38.0 Å². The number of nitrogens with one attached hydrogen (secondary N) is 1. The van der Waals surface area contributed by atoms with Gasteiger partial charge in [0.15, 0.2) is 0 Å². The van der Waals surface area contributed by atoms with Crippen molar-refractivity contribution in [2.75, 3.05) is 6.54 Å². The minimum atomic E-state index is -0.654. The van der Waals surface area contributed by atoms with E-state index in [4.69, 9.17) is 17.3 Å². The van der Waals surface area contributed by atoms with E-state index in [0.29, 0.717) is 30.0 Å². The summed E-state index contributed by atoms with van der Waals surface area (Å²) < 4.78 is 15.2. The van der Waals surface area contributed by atoms with E-state index in [9.17, 15) is 14.0 Å². The van der Waals surface area contributed by atoms with E-state index >= 15 is 0 Å². The molecule has 30 heavy (non-hydrogen) atoms. The van der Waals surface area contributed by atoms with Crippen molar-refractivity contribution in [3.63, 3.8) is 0 Å². The Kier molecular flexibility index (Phi) is 6.36. The third-order valence-electron chi connectivity index (χ3n) is 5.70. The minimum Gasteiger partial charge on any atom is -0.365 e. The number of halogens is 2. The van der Waals surface area contributed by atoms with Crippen LogP contribution in [-0.4, -0.2) is 38.7 Å². The average molecular weight is 436 g/mol. The molecule has 2 heterocycles. The van der Waals surface area contributed by atoms with Crippen LogP contribution in [-0.2, 0) is 13.1 Å². The minimum absolute atomic E-state index is 0.0651. The molecule has 0 saturated heterocycles. The Labute approximate surface area is 180 Å². The van der Waals surface area contributed by atoms with Crippen LogP contribution in [0.15, 0.2) is 18.2 Å². The topological polar surface area (TPSA) is 93.2 Å². The average Bonchev–Trinajstić information content (AvgIpc) is 3.09. The Balaban J connectivity index is 1.91. The zero-order valence-corrected chi connectivity index (χ0v) is 18.2. The summed E-state index contributed by atoms with van der Waals surface area (Å²) in [4.78, 5) is 26.8. The smallest absolute Gasteiger partial charge is 0.318 e. The van der Waals surface area contributed by atoms with E-state index in [0.717, 1.165) is 19.3 Å². The zero-order valence-electron chi connectivity index (χ0n) is 17.5. The molecule has 1 aromatic carbocycles. The van der Waals surface area contributed by atoms with Crippen LogP contribution in [0.2, 0.25) is 5.02 Å². The summed E-state index contributed by atoms with van der Waals surface area (Å²) in [5, 5.41) is 7.57. The Bertz CT molecular complexity index is 977. The molecule has 0 bridgehead atoms. The Hall–Kier alpha value is -2.61. The highest BCUT2D eigenvalue weighted by molar-refractivity contribution is 6.31. The molecule has 7 nitrogen and oxygen atoms in total. The van der Waals surface area contributed by atoms with Gasteiger partial charge < -0.3 is 16.0 Å². The summed E-state index contributed by atoms with van der Waals surface area (Å²) in [6, 6.07) is 3.96. The van der Waals surface area contributed by atoms with Crippen molar-refractivity contribution >= 4 is 23.5 Å². The Morgan fingerprint density at radius 1 is 1.33 bits per heavy atom. The van der Waals surface area contributed by atoms with Crippen LogP contribution in [0.3, 0.4) is 0 Å².